The molecule has 1 aliphatic rings. The van der Waals surface area contributed by atoms with Gasteiger partial charge in [-0.2, -0.15) is 0 Å². The standard InChI is InChI=1S/C15H23N3S/c1-11-5-6-12(9-16-11)10-17-14-18-13(7-8-19-14)15(2,3)4/h5-6,9,13H,7-8,10H2,1-4H3,(H,17,18). The Kier molecular flexibility index (Phi) is 4.50. The van der Waals surface area contributed by atoms with Crippen LogP contribution in [-0.2, 0) is 6.54 Å². The molecule has 0 saturated carbocycles. The van der Waals surface area contributed by atoms with E-state index >= 15 is 0 Å². The fourth-order valence-corrected chi connectivity index (χ4v) is 2.96. The Morgan fingerprint density at radius 3 is 2.84 bits per heavy atom. The molecule has 0 spiro atoms. The number of hydrogen-bond acceptors (Lipinski definition) is 3. The van der Waals surface area contributed by atoms with E-state index in [0.717, 1.165) is 16.6 Å². The Balaban J connectivity index is 1.97. The van der Waals surface area contributed by atoms with Crippen LogP contribution in [0.2, 0.25) is 0 Å². The lowest BCUT2D eigenvalue weighted by Gasteiger charge is -2.35. The summed E-state index contributed by atoms with van der Waals surface area (Å²) in [7, 11) is 0. The van der Waals surface area contributed by atoms with Crippen LogP contribution in [0.3, 0.4) is 0 Å². The molecule has 104 valence electrons. The second-order valence-electron chi connectivity index (χ2n) is 6.13. The van der Waals surface area contributed by atoms with Gasteiger partial charge in [-0.25, -0.2) is 0 Å². The van der Waals surface area contributed by atoms with E-state index in [1.54, 1.807) is 0 Å². The molecule has 2 heterocycles. The molecule has 1 saturated heterocycles. The highest BCUT2D eigenvalue weighted by Crippen LogP contribution is 2.27. The van der Waals surface area contributed by atoms with E-state index in [2.05, 4.69) is 42.1 Å². The van der Waals surface area contributed by atoms with Gasteiger partial charge in [-0.1, -0.05) is 38.6 Å². The minimum Gasteiger partial charge on any atom is -0.362 e. The largest absolute Gasteiger partial charge is 0.362 e. The summed E-state index contributed by atoms with van der Waals surface area (Å²) < 4.78 is 0. The van der Waals surface area contributed by atoms with E-state index < -0.39 is 0 Å². The minimum atomic E-state index is 0.285. The summed E-state index contributed by atoms with van der Waals surface area (Å²) in [5, 5.41) is 4.64. The second-order valence-corrected chi connectivity index (χ2v) is 7.21. The van der Waals surface area contributed by atoms with Gasteiger partial charge in [0.15, 0.2) is 5.17 Å². The zero-order valence-corrected chi connectivity index (χ0v) is 13.0. The molecular weight excluding hydrogens is 254 g/mol. The molecule has 1 aromatic rings. The molecule has 0 radical (unpaired) electrons. The molecule has 1 fully saturated rings. The molecule has 0 aromatic carbocycles. The van der Waals surface area contributed by atoms with Crippen LogP contribution in [0.15, 0.2) is 23.3 Å². The molecule has 1 aliphatic heterocycles. The van der Waals surface area contributed by atoms with Crippen molar-refractivity contribution in [2.24, 2.45) is 10.4 Å². The topological polar surface area (TPSA) is 37.3 Å². The van der Waals surface area contributed by atoms with Crippen molar-refractivity contribution in [1.29, 1.82) is 0 Å². The normalized spacial score (nSPS) is 22.3. The third-order valence-corrected chi connectivity index (χ3v) is 4.33. The molecule has 2 rings (SSSR count). The van der Waals surface area contributed by atoms with Gasteiger partial charge >= 0.3 is 0 Å². The van der Waals surface area contributed by atoms with Gasteiger partial charge in [0.05, 0.1) is 6.54 Å². The summed E-state index contributed by atoms with van der Waals surface area (Å²) in [5.74, 6) is 1.15. The maximum atomic E-state index is 4.68. The van der Waals surface area contributed by atoms with Crippen LogP contribution in [0, 0.1) is 12.3 Å². The van der Waals surface area contributed by atoms with Crippen LogP contribution in [0.4, 0.5) is 0 Å². The van der Waals surface area contributed by atoms with Crippen LogP contribution in [0.25, 0.3) is 0 Å². The third-order valence-electron chi connectivity index (χ3n) is 3.37. The van der Waals surface area contributed by atoms with Gasteiger partial charge in [0.1, 0.15) is 0 Å². The average Bonchev–Trinajstić information content (AvgIpc) is 2.37. The molecule has 19 heavy (non-hydrogen) atoms. The maximum Gasteiger partial charge on any atom is 0.157 e. The van der Waals surface area contributed by atoms with E-state index in [1.807, 2.05) is 30.9 Å². The fraction of sp³-hybridized carbons (Fsp3) is 0.600. The molecular formula is C15H23N3S. The van der Waals surface area contributed by atoms with Gasteiger partial charge in [0, 0.05) is 23.7 Å². The SMILES string of the molecule is Cc1ccc(CN=C2NC(C(C)(C)C)CCS2)cn1. The zero-order chi connectivity index (χ0) is 13.9. The summed E-state index contributed by atoms with van der Waals surface area (Å²) in [5.41, 5.74) is 2.50. The predicted molar refractivity (Wildman–Crippen MR) is 83.6 cm³/mol. The van der Waals surface area contributed by atoms with Crippen molar-refractivity contribution in [1.82, 2.24) is 10.3 Å². The molecule has 1 N–H and O–H groups in total. The summed E-state index contributed by atoms with van der Waals surface area (Å²) in [4.78, 5) is 8.98. The zero-order valence-electron chi connectivity index (χ0n) is 12.2. The van der Waals surface area contributed by atoms with Gasteiger partial charge in [0.25, 0.3) is 0 Å². The van der Waals surface area contributed by atoms with E-state index in [-0.39, 0.29) is 5.41 Å². The lowest BCUT2D eigenvalue weighted by molar-refractivity contribution is 0.290. The summed E-state index contributed by atoms with van der Waals surface area (Å²) in [6.45, 7) is 9.55. The van der Waals surface area contributed by atoms with Gasteiger partial charge < -0.3 is 5.32 Å². The van der Waals surface area contributed by atoms with Gasteiger partial charge in [0.2, 0.25) is 0 Å². The Hall–Kier alpha value is -1.03. The van der Waals surface area contributed by atoms with Crippen LogP contribution >= 0.6 is 11.8 Å². The molecule has 0 bridgehead atoms. The Morgan fingerprint density at radius 2 is 2.21 bits per heavy atom. The van der Waals surface area contributed by atoms with Crippen molar-refractivity contribution in [2.75, 3.05) is 5.75 Å². The highest BCUT2D eigenvalue weighted by molar-refractivity contribution is 8.13. The Morgan fingerprint density at radius 1 is 1.42 bits per heavy atom. The number of thioether (sulfide) groups is 1. The van der Waals surface area contributed by atoms with E-state index in [0.29, 0.717) is 12.6 Å². The van der Waals surface area contributed by atoms with Crippen molar-refractivity contribution < 1.29 is 0 Å². The monoisotopic (exact) mass is 277 g/mol. The first kappa shape index (κ1) is 14.4. The molecule has 1 atom stereocenters. The maximum absolute atomic E-state index is 4.68. The molecule has 4 heteroatoms. The number of pyridine rings is 1. The summed E-state index contributed by atoms with van der Waals surface area (Å²) in [6.07, 6.45) is 3.12. The number of rotatable bonds is 2. The van der Waals surface area contributed by atoms with Crippen LogP contribution < -0.4 is 5.32 Å². The van der Waals surface area contributed by atoms with E-state index in [9.17, 15) is 0 Å². The number of amidine groups is 1. The van der Waals surface area contributed by atoms with Gasteiger partial charge in [-0.15, -0.1) is 0 Å². The summed E-state index contributed by atoms with van der Waals surface area (Å²) in [6, 6.07) is 4.65. The van der Waals surface area contributed by atoms with Crippen LogP contribution in [0.5, 0.6) is 0 Å². The first-order valence-corrected chi connectivity index (χ1v) is 7.79. The first-order chi connectivity index (χ1) is 8.95. The molecule has 1 unspecified atom stereocenters. The predicted octanol–water partition coefficient (Wildman–Crippen LogP) is 3.39. The average molecular weight is 277 g/mol. The second kappa shape index (κ2) is 5.95. The summed E-state index contributed by atoms with van der Waals surface area (Å²) >= 11 is 1.82. The number of aryl methyl sites for hydroxylation is 1. The van der Waals surface area contributed by atoms with E-state index in [1.165, 1.54) is 12.0 Å². The number of aliphatic imine (C=N–C) groups is 1. The van der Waals surface area contributed by atoms with Gasteiger partial charge in [-0.3, -0.25) is 9.98 Å². The lowest BCUT2D eigenvalue weighted by atomic mass is 9.85. The number of aromatic nitrogens is 1. The number of hydrogen-bond donors (Lipinski definition) is 1. The van der Waals surface area contributed by atoms with Crippen molar-refractivity contribution in [3.63, 3.8) is 0 Å². The molecule has 0 amide bonds. The smallest absolute Gasteiger partial charge is 0.157 e. The Bertz CT molecular complexity index is 445. The first-order valence-electron chi connectivity index (χ1n) is 6.80. The highest BCUT2D eigenvalue weighted by atomic mass is 32.2. The number of nitrogens with zero attached hydrogens (tertiary/aromatic N) is 2. The van der Waals surface area contributed by atoms with Crippen LogP contribution in [0.1, 0.15) is 38.4 Å². The Labute approximate surface area is 120 Å². The van der Waals surface area contributed by atoms with E-state index in [4.69, 9.17) is 0 Å². The van der Waals surface area contributed by atoms with Crippen molar-refractivity contribution in [3.8, 4) is 0 Å². The third kappa shape index (κ3) is 4.23. The lowest BCUT2D eigenvalue weighted by Crippen LogP contribution is -2.46. The van der Waals surface area contributed by atoms with Crippen molar-refractivity contribution in [2.45, 2.75) is 46.7 Å². The molecule has 3 nitrogen and oxygen atoms in total. The highest BCUT2D eigenvalue weighted by Gasteiger charge is 2.28. The molecule has 1 aromatic heterocycles. The van der Waals surface area contributed by atoms with Crippen molar-refractivity contribution in [3.05, 3.63) is 29.6 Å². The molecule has 0 aliphatic carbocycles. The van der Waals surface area contributed by atoms with Crippen molar-refractivity contribution >= 4 is 16.9 Å². The number of nitrogens with one attached hydrogen (secondary N) is 1. The van der Waals surface area contributed by atoms with Gasteiger partial charge in [-0.05, 0) is 30.4 Å². The van der Waals surface area contributed by atoms with Crippen LogP contribution in [-0.4, -0.2) is 21.9 Å². The quantitative estimate of drug-likeness (QED) is 0.900. The minimum absolute atomic E-state index is 0.285. The fourth-order valence-electron chi connectivity index (χ4n) is 2.03.